The Balaban J connectivity index is 2.47. The molecule has 82 valence electrons. The van der Waals surface area contributed by atoms with Gasteiger partial charge in [0.05, 0.1) is 0 Å². The van der Waals surface area contributed by atoms with Gasteiger partial charge in [0.25, 0.3) is 5.91 Å². The Kier molecular flexibility index (Phi) is 4.49. The number of benzene rings is 1. The molecule has 0 atom stereocenters. The van der Waals surface area contributed by atoms with E-state index in [0.717, 1.165) is 5.75 Å². The monoisotopic (exact) mass is 225 g/mol. The molecule has 0 spiro atoms. The van der Waals surface area contributed by atoms with Gasteiger partial charge in [0.1, 0.15) is 5.75 Å². The van der Waals surface area contributed by atoms with E-state index in [1.165, 1.54) is 9.80 Å². The molecule has 1 aromatic carbocycles. The molecule has 0 aliphatic heterocycles. The van der Waals surface area contributed by atoms with Crippen molar-refractivity contribution >= 4 is 17.7 Å². The third-order valence-corrected chi connectivity index (χ3v) is 2.66. The van der Waals surface area contributed by atoms with Crippen LogP contribution in [-0.2, 0) is 4.79 Å². The van der Waals surface area contributed by atoms with Crippen LogP contribution in [0, 0.1) is 0 Å². The number of hydrogen-bond acceptors (Lipinski definition) is 3. The number of rotatable bonds is 4. The molecule has 4 heteroatoms. The Morgan fingerprint density at radius 1 is 1.33 bits per heavy atom. The van der Waals surface area contributed by atoms with Crippen molar-refractivity contribution in [1.82, 2.24) is 4.90 Å². The lowest BCUT2D eigenvalue weighted by Crippen LogP contribution is -2.27. The van der Waals surface area contributed by atoms with Crippen LogP contribution >= 0.6 is 11.8 Å². The molecule has 0 fully saturated rings. The molecule has 1 rings (SSSR count). The van der Waals surface area contributed by atoms with Crippen molar-refractivity contribution in [2.45, 2.75) is 4.90 Å². The molecular weight excluding hydrogens is 210 g/mol. The van der Waals surface area contributed by atoms with Crippen LogP contribution in [0.25, 0.3) is 0 Å². The minimum atomic E-state index is -0.0380. The van der Waals surface area contributed by atoms with Crippen molar-refractivity contribution in [3.05, 3.63) is 24.3 Å². The molecule has 15 heavy (non-hydrogen) atoms. The Hall–Kier alpha value is -1.16. The highest BCUT2D eigenvalue weighted by Gasteiger charge is 2.04. The van der Waals surface area contributed by atoms with Crippen LogP contribution in [0.4, 0.5) is 0 Å². The summed E-state index contributed by atoms with van der Waals surface area (Å²) in [7, 11) is 3.42. The summed E-state index contributed by atoms with van der Waals surface area (Å²) in [5, 5.41) is 0. The van der Waals surface area contributed by atoms with Gasteiger partial charge in [0.2, 0.25) is 0 Å². The molecule has 0 radical (unpaired) electrons. The SMILES string of the molecule is CSc1ccc(OCC(=O)N(C)C)cc1. The first kappa shape index (κ1) is 11.9. The summed E-state index contributed by atoms with van der Waals surface area (Å²) in [6.07, 6.45) is 2.02. The van der Waals surface area contributed by atoms with E-state index in [1.807, 2.05) is 30.5 Å². The van der Waals surface area contributed by atoms with Crippen LogP contribution in [0.15, 0.2) is 29.2 Å². The van der Waals surface area contributed by atoms with Gasteiger partial charge in [-0.1, -0.05) is 0 Å². The van der Waals surface area contributed by atoms with Crippen LogP contribution in [0.1, 0.15) is 0 Å². The number of amides is 1. The number of likely N-dealkylation sites (N-methyl/N-ethyl adjacent to an activating group) is 1. The first-order chi connectivity index (χ1) is 7.13. The molecule has 1 amide bonds. The fraction of sp³-hybridized carbons (Fsp3) is 0.364. The summed E-state index contributed by atoms with van der Waals surface area (Å²) in [6, 6.07) is 7.68. The molecule has 0 aliphatic rings. The summed E-state index contributed by atoms with van der Waals surface area (Å²) in [5.41, 5.74) is 0. The van der Waals surface area contributed by atoms with Gasteiger partial charge in [0, 0.05) is 19.0 Å². The van der Waals surface area contributed by atoms with E-state index in [4.69, 9.17) is 4.74 Å². The standard InChI is InChI=1S/C11H15NO2S/c1-12(2)11(13)8-14-9-4-6-10(15-3)7-5-9/h4-7H,8H2,1-3H3. The van der Waals surface area contributed by atoms with Gasteiger partial charge < -0.3 is 9.64 Å². The van der Waals surface area contributed by atoms with Gasteiger partial charge in [0.15, 0.2) is 6.61 Å². The number of hydrogen-bond donors (Lipinski definition) is 0. The van der Waals surface area contributed by atoms with Crippen molar-refractivity contribution in [3.63, 3.8) is 0 Å². The minimum Gasteiger partial charge on any atom is -0.484 e. The zero-order valence-electron chi connectivity index (χ0n) is 9.19. The number of nitrogens with zero attached hydrogens (tertiary/aromatic N) is 1. The predicted molar refractivity (Wildman–Crippen MR) is 62.4 cm³/mol. The first-order valence-corrected chi connectivity index (χ1v) is 5.83. The van der Waals surface area contributed by atoms with E-state index in [9.17, 15) is 4.79 Å². The lowest BCUT2D eigenvalue weighted by atomic mass is 10.3. The zero-order valence-corrected chi connectivity index (χ0v) is 10.0. The molecule has 0 aliphatic carbocycles. The zero-order chi connectivity index (χ0) is 11.3. The summed E-state index contributed by atoms with van der Waals surface area (Å²) in [5.74, 6) is 0.687. The highest BCUT2D eigenvalue weighted by Crippen LogP contribution is 2.18. The number of carbonyl (C=O) groups is 1. The quantitative estimate of drug-likeness (QED) is 0.733. The van der Waals surface area contributed by atoms with E-state index in [0.29, 0.717) is 0 Å². The summed E-state index contributed by atoms with van der Waals surface area (Å²) in [4.78, 5) is 13.9. The Labute approximate surface area is 94.4 Å². The number of thioether (sulfide) groups is 1. The number of carbonyl (C=O) groups excluding carboxylic acids is 1. The van der Waals surface area contributed by atoms with Crippen LogP contribution in [0.3, 0.4) is 0 Å². The topological polar surface area (TPSA) is 29.5 Å². The maximum Gasteiger partial charge on any atom is 0.259 e. The maximum atomic E-state index is 11.2. The van der Waals surface area contributed by atoms with Crippen molar-refractivity contribution in [3.8, 4) is 5.75 Å². The highest BCUT2D eigenvalue weighted by molar-refractivity contribution is 7.98. The van der Waals surface area contributed by atoms with Gasteiger partial charge in [-0.05, 0) is 30.5 Å². The Morgan fingerprint density at radius 2 is 1.93 bits per heavy atom. The minimum absolute atomic E-state index is 0.0380. The maximum absolute atomic E-state index is 11.2. The van der Waals surface area contributed by atoms with Crippen molar-refractivity contribution in [2.75, 3.05) is 27.0 Å². The molecular formula is C11H15NO2S. The lowest BCUT2D eigenvalue weighted by molar-refractivity contribution is -0.130. The lowest BCUT2D eigenvalue weighted by Gasteiger charge is -2.11. The van der Waals surface area contributed by atoms with Crippen LogP contribution in [-0.4, -0.2) is 37.8 Å². The number of ether oxygens (including phenoxy) is 1. The third-order valence-electron chi connectivity index (χ3n) is 1.92. The van der Waals surface area contributed by atoms with Crippen molar-refractivity contribution < 1.29 is 9.53 Å². The van der Waals surface area contributed by atoms with Gasteiger partial charge in [-0.25, -0.2) is 0 Å². The molecule has 0 bridgehead atoms. The molecule has 0 aromatic heterocycles. The predicted octanol–water partition coefficient (Wildman–Crippen LogP) is 1.88. The first-order valence-electron chi connectivity index (χ1n) is 4.60. The van der Waals surface area contributed by atoms with Gasteiger partial charge in [-0.2, -0.15) is 0 Å². The van der Waals surface area contributed by atoms with Crippen LogP contribution in [0.5, 0.6) is 5.75 Å². The second kappa shape index (κ2) is 5.66. The fourth-order valence-corrected chi connectivity index (χ4v) is 1.35. The summed E-state index contributed by atoms with van der Waals surface area (Å²) in [6.45, 7) is 0.0889. The molecule has 0 saturated carbocycles. The largest absolute Gasteiger partial charge is 0.484 e. The van der Waals surface area contributed by atoms with E-state index in [1.54, 1.807) is 25.9 Å². The second-order valence-electron chi connectivity index (χ2n) is 3.25. The third kappa shape index (κ3) is 3.83. The summed E-state index contributed by atoms with van der Waals surface area (Å²) < 4.78 is 5.33. The summed E-state index contributed by atoms with van der Waals surface area (Å²) >= 11 is 1.68. The van der Waals surface area contributed by atoms with E-state index < -0.39 is 0 Å². The Morgan fingerprint density at radius 3 is 2.40 bits per heavy atom. The van der Waals surface area contributed by atoms with E-state index in [2.05, 4.69) is 0 Å². The fourth-order valence-electron chi connectivity index (χ4n) is 0.946. The second-order valence-corrected chi connectivity index (χ2v) is 4.13. The van der Waals surface area contributed by atoms with E-state index >= 15 is 0 Å². The van der Waals surface area contributed by atoms with Gasteiger partial charge in [-0.3, -0.25) is 4.79 Å². The molecule has 3 nitrogen and oxygen atoms in total. The molecule has 0 saturated heterocycles. The molecule has 0 unspecified atom stereocenters. The van der Waals surface area contributed by atoms with Gasteiger partial charge in [-0.15, -0.1) is 11.8 Å². The average Bonchev–Trinajstić information content (AvgIpc) is 2.26. The average molecular weight is 225 g/mol. The smallest absolute Gasteiger partial charge is 0.259 e. The van der Waals surface area contributed by atoms with Gasteiger partial charge >= 0.3 is 0 Å². The highest BCUT2D eigenvalue weighted by atomic mass is 32.2. The molecule has 0 N–H and O–H groups in total. The normalized spacial score (nSPS) is 9.80. The van der Waals surface area contributed by atoms with Crippen molar-refractivity contribution in [2.24, 2.45) is 0 Å². The van der Waals surface area contributed by atoms with Crippen LogP contribution in [0.2, 0.25) is 0 Å². The van der Waals surface area contributed by atoms with E-state index in [-0.39, 0.29) is 12.5 Å². The molecule has 1 aromatic rings. The van der Waals surface area contributed by atoms with Crippen molar-refractivity contribution in [1.29, 1.82) is 0 Å². The Bertz CT molecular complexity index is 322. The van der Waals surface area contributed by atoms with Crippen LogP contribution < -0.4 is 4.74 Å². The molecule has 0 heterocycles.